The van der Waals surface area contributed by atoms with Crippen LogP contribution in [0.1, 0.15) is 15.9 Å². The van der Waals surface area contributed by atoms with E-state index < -0.39 is 0 Å². The molecule has 0 bridgehead atoms. The lowest BCUT2D eigenvalue weighted by Crippen LogP contribution is -2.23. The van der Waals surface area contributed by atoms with Crippen LogP contribution in [-0.2, 0) is 6.54 Å². The van der Waals surface area contributed by atoms with Crippen molar-refractivity contribution >= 4 is 16.8 Å². The molecule has 0 saturated heterocycles. The van der Waals surface area contributed by atoms with Crippen molar-refractivity contribution in [2.75, 3.05) is 0 Å². The Bertz CT molecular complexity index is 764. The zero-order valence-electron chi connectivity index (χ0n) is 10.7. The van der Waals surface area contributed by atoms with E-state index in [1.54, 1.807) is 30.3 Å². The van der Waals surface area contributed by atoms with E-state index in [4.69, 9.17) is 0 Å². The maximum Gasteiger partial charge on any atom is 0.251 e. The number of H-pyrrole nitrogens is 1. The molecule has 0 aliphatic heterocycles. The first-order valence-corrected chi connectivity index (χ1v) is 6.33. The summed E-state index contributed by atoms with van der Waals surface area (Å²) in [4.78, 5) is 15.1. The lowest BCUT2D eigenvalue weighted by atomic mass is 10.1. The summed E-state index contributed by atoms with van der Waals surface area (Å²) >= 11 is 0. The van der Waals surface area contributed by atoms with E-state index in [1.807, 2.05) is 18.3 Å². The quantitative estimate of drug-likeness (QED) is 0.752. The second-order valence-corrected chi connectivity index (χ2v) is 4.55. The van der Waals surface area contributed by atoms with Crippen LogP contribution in [-0.4, -0.2) is 10.9 Å². The zero-order valence-corrected chi connectivity index (χ0v) is 10.7. The minimum atomic E-state index is -0.312. The van der Waals surface area contributed by atoms with Crippen LogP contribution >= 0.6 is 0 Å². The van der Waals surface area contributed by atoms with Crippen molar-refractivity contribution in [2.45, 2.75) is 6.54 Å². The molecule has 3 aromatic rings. The van der Waals surface area contributed by atoms with Gasteiger partial charge < -0.3 is 10.3 Å². The molecular weight excluding hydrogens is 255 g/mol. The maximum atomic E-state index is 13.5. The van der Waals surface area contributed by atoms with Gasteiger partial charge in [0.1, 0.15) is 5.82 Å². The number of carbonyl (C=O) groups is 1. The second-order valence-electron chi connectivity index (χ2n) is 4.55. The predicted molar refractivity (Wildman–Crippen MR) is 75.9 cm³/mol. The lowest BCUT2D eigenvalue weighted by Gasteiger charge is -2.06. The fraction of sp³-hybridized carbons (Fsp3) is 0.0625. The van der Waals surface area contributed by atoms with Crippen LogP contribution in [0.15, 0.2) is 54.7 Å². The van der Waals surface area contributed by atoms with Crippen LogP contribution in [0.3, 0.4) is 0 Å². The third-order valence-electron chi connectivity index (χ3n) is 3.21. The van der Waals surface area contributed by atoms with E-state index in [1.165, 1.54) is 6.07 Å². The molecule has 0 radical (unpaired) electrons. The molecule has 2 aromatic carbocycles. The number of hydrogen-bond acceptors (Lipinski definition) is 1. The van der Waals surface area contributed by atoms with Crippen molar-refractivity contribution in [1.82, 2.24) is 10.3 Å². The summed E-state index contributed by atoms with van der Waals surface area (Å²) < 4.78 is 13.5. The predicted octanol–water partition coefficient (Wildman–Crippen LogP) is 3.24. The summed E-state index contributed by atoms with van der Waals surface area (Å²) in [5.74, 6) is -0.530. The molecule has 0 unspecified atom stereocenters. The molecule has 100 valence electrons. The van der Waals surface area contributed by atoms with Crippen molar-refractivity contribution in [1.29, 1.82) is 0 Å². The Kier molecular flexibility index (Phi) is 3.21. The molecule has 3 nitrogen and oxygen atoms in total. The molecule has 20 heavy (non-hydrogen) atoms. The summed E-state index contributed by atoms with van der Waals surface area (Å²) in [7, 11) is 0. The largest absolute Gasteiger partial charge is 0.361 e. The highest BCUT2D eigenvalue weighted by Crippen LogP contribution is 2.14. The Balaban J connectivity index is 1.74. The van der Waals surface area contributed by atoms with Crippen LogP contribution in [0.4, 0.5) is 4.39 Å². The molecule has 0 saturated carbocycles. The van der Waals surface area contributed by atoms with Crippen LogP contribution in [0.25, 0.3) is 10.9 Å². The lowest BCUT2D eigenvalue weighted by molar-refractivity contribution is 0.0950. The van der Waals surface area contributed by atoms with Gasteiger partial charge in [-0.25, -0.2) is 4.39 Å². The van der Waals surface area contributed by atoms with Gasteiger partial charge in [0.25, 0.3) is 5.91 Å². The van der Waals surface area contributed by atoms with Gasteiger partial charge in [-0.2, -0.15) is 0 Å². The molecule has 0 fully saturated rings. The van der Waals surface area contributed by atoms with Crippen LogP contribution in [0, 0.1) is 5.82 Å². The van der Waals surface area contributed by atoms with Gasteiger partial charge in [0.05, 0.1) is 0 Å². The minimum absolute atomic E-state index is 0.175. The molecule has 1 amide bonds. The van der Waals surface area contributed by atoms with Crippen molar-refractivity contribution in [3.8, 4) is 0 Å². The molecule has 0 spiro atoms. The number of halogens is 1. The Morgan fingerprint density at radius 2 is 2.00 bits per heavy atom. The van der Waals surface area contributed by atoms with Crippen molar-refractivity contribution < 1.29 is 9.18 Å². The highest BCUT2D eigenvalue weighted by molar-refractivity contribution is 5.97. The number of aromatic nitrogens is 1. The Hall–Kier alpha value is -2.62. The minimum Gasteiger partial charge on any atom is -0.361 e. The summed E-state index contributed by atoms with van der Waals surface area (Å²) in [6.45, 7) is 0.175. The van der Waals surface area contributed by atoms with Gasteiger partial charge in [-0.05, 0) is 29.7 Å². The van der Waals surface area contributed by atoms with E-state index in [2.05, 4.69) is 10.3 Å². The summed E-state index contributed by atoms with van der Waals surface area (Å²) in [6.07, 6.45) is 1.83. The molecule has 0 aliphatic rings. The van der Waals surface area contributed by atoms with E-state index in [0.29, 0.717) is 11.1 Å². The van der Waals surface area contributed by atoms with Gasteiger partial charge in [-0.1, -0.05) is 24.3 Å². The fourth-order valence-corrected chi connectivity index (χ4v) is 2.11. The van der Waals surface area contributed by atoms with Gasteiger partial charge in [0.2, 0.25) is 0 Å². The van der Waals surface area contributed by atoms with E-state index >= 15 is 0 Å². The number of carbonyl (C=O) groups excluding carboxylic acids is 1. The summed E-state index contributed by atoms with van der Waals surface area (Å²) in [5.41, 5.74) is 1.93. The first kappa shape index (κ1) is 12.4. The van der Waals surface area contributed by atoms with Crippen LogP contribution in [0.5, 0.6) is 0 Å². The SMILES string of the molecule is O=C(NCc1ccccc1F)c1ccc2cc[nH]c2c1. The number of aromatic amines is 1. The molecule has 1 aromatic heterocycles. The van der Waals surface area contributed by atoms with E-state index in [9.17, 15) is 9.18 Å². The van der Waals surface area contributed by atoms with Gasteiger partial charge in [0.15, 0.2) is 0 Å². The highest BCUT2D eigenvalue weighted by atomic mass is 19.1. The van der Waals surface area contributed by atoms with Crippen molar-refractivity contribution in [3.63, 3.8) is 0 Å². The van der Waals surface area contributed by atoms with E-state index in [-0.39, 0.29) is 18.3 Å². The summed E-state index contributed by atoms with van der Waals surface area (Å²) in [5, 5.41) is 3.77. The maximum absolute atomic E-state index is 13.5. The zero-order chi connectivity index (χ0) is 13.9. The van der Waals surface area contributed by atoms with Crippen molar-refractivity contribution in [2.24, 2.45) is 0 Å². The average molecular weight is 268 g/mol. The third kappa shape index (κ3) is 2.40. The molecule has 2 N–H and O–H groups in total. The Morgan fingerprint density at radius 1 is 1.15 bits per heavy atom. The van der Waals surface area contributed by atoms with Gasteiger partial charge in [-0.15, -0.1) is 0 Å². The summed E-state index contributed by atoms with van der Waals surface area (Å²) in [6, 6.07) is 13.8. The molecule has 1 heterocycles. The first-order valence-electron chi connectivity index (χ1n) is 6.33. The van der Waals surface area contributed by atoms with Gasteiger partial charge in [0, 0.05) is 29.4 Å². The fourth-order valence-electron chi connectivity index (χ4n) is 2.11. The number of amides is 1. The van der Waals surface area contributed by atoms with Gasteiger partial charge >= 0.3 is 0 Å². The highest BCUT2D eigenvalue weighted by Gasteiger charge is 2.08. The third-order valence-corrected chi connectivity index (χ3v) is 3.21. The smallest absolute Gasteiger partial charge is 0.251 e. The van der Waals surface area contributed by atoms with Crippen LogP contribution in [0.2, 0.25) is 0 Å². The topological polar surface area (TPSA) is 44.9 Å². The van der Waals surface area contributed by atoms with Crippen molar-refractivity contribution in [3.05, 3.63) is 71.7 Å². The molecule has 4 heteroatoms. The standard InChI is InChI=1S/C16H13FN2O/c17-14-4-2-1-3-13(14)10-19-16(20)12-6-5-11-7-8-18-15(11)9-12/h1-9,18H,10H2,(H,19,20). The number of nitrogens with one attached hydrogen (secondary N) is 2. The number of benzene rings is 2. The normalized spacial score (nSPS) is 10.7. The number of rotatable bonds is 3. The Morgan fingerprint density at radius 3 is 2.85 bits per heavy atom. The average Bonchev–Trinajstić information content (AvgIpc) is 2.93. The number of hydrogen-bond donors (Lipinski definition) is 2. The molecule has 0 aliphatic carbocycles. The number of fused-ring (bicyclic) bond motifs is 1. The van der Waals surface area contributed by atoms with E-state index in [0.717, 1.165) is 10.9 Å². The molecule has 0 atom stereocenters. The Labute approximate surface area is 115 Å². The molecular formula is C16H13FN2O. The first-order chi connectivity index (χ1) is 9.74. The van der Waals surface area contributed by atoms with Crippen LogP contribution < -0.4 is 5.32 Å². The van der Waals surface area contributed by atoms with Gasteiger partial charge in [-0.3, -0.25) is 4.79 Å². The second kappa shape index (κ2) is 5.17. The molecule has 3 rings (SSSR count). The monoisotopic (exact) mass is 268 g/mol.